The molecule has 0 aliphatic carbocycles. The summed E-state index contributed by atoms with van der Waals surface area (Å²) in [6.07, 6.45) is 11.0. The van der Waals surface area contributed by atoms with Crippen molar-refractivity contribution in [3.8, 4) is 5.75 Å². The number of aryl methyl sites for hydroxylation is 1. The second kappa shape index (κ2) is 15.5. The van der Waals surface area contributed by atoms with Crippen molar-refractivity contribution in [2.75, 3.05) is 27.2 Å². The molecule has 0 saturated heterocycles. The lowest BCUT2D eigenvalue weighted by molar-refractivity contribution is -0.896. The first-order valence-corrected chi connectivity index (χ1v) is 13.2. The number of carbonyl (C=O) groups excluding carboxylic acids is 1. The molecular weight excluding hydrogens is 422 g/mol. The summed E-state index contributed by atoms with van der Waals surface area (Å²) in [6, 6.07) is 18.6. The molecule has 188 valence electrons. The standard InChI is InChI=1S/C30H46NO3/c1-5-7-8-9-10-11-13-17-26-20-16-21-29(22-26)34-28(6-2)25-33-30(32)24-31(3,4)23-27-18-14-12-15-19-27/h12,14-16,18-22,28H,5-11,13,17,23-25H2,1-4H3/q+1. The predicted octanol–water partition coefficient (Wildman–Crippen LogP) is 6.96. The fraction of sp³-hybridized carbons (Fsp3) is 0.567. The lowest BCUT2D eigenvalue weighted by Crippen LogP contribution is -2.44. The summed E-state index contributed by atoms with van der Waals surface area (Å²) in [5.74, 6) is 0.680. The van der Waals surface area contributed by atoms with Crippen molar-refractivity contribution in [1.29, 1.82) is 0 Å². The average molecular weight is 469 g/mol. The molecule has 0 amide bonds. The third-order valence-electron chi connectivity index (χ3n) is 6.17. The summed E-state index contributed by atoms with van der Waals surface area (Å²) in [5.41, 5.74) is 2.53. The molecule has 2 rings (SSSR count). The first kappa shape index (κ1) is 27.9. The Hall–Kier alpha value is -2.33. The van der Waals surface area contributed by atoms with Crippen molar-refractivity contribution in [2.45, 2.75) is 84.3 Å². The molecule has 1 atom stereocenters. The number of hydrogen-bond donors (Lipinski definition) is 0. The van der Waals surface area contributed by atoms with E-state index < -0.39 is 0 Å². The maximum absolute atomic E-state index is 12.5. The molecule has 4 heteroatoms. The van der Waals surface area contributed by atoms with E-state index in [1.54, 1.807) is 0 Å². The molecule has 0 saturated carbocycles. The van der Waals surface area contributed by atoms with Gasteiger partial charge in [0.15, 0.2) is 6.54 Å². The molecule has 0 radical (unpaired) electrons. The minimum atomic E-state index is -0.185. The van der Waals surface area contributed by atoms with Gasteiger partial charge in [0.1, 0.15) is 25.0 Å². The highest BCUT2D eigenvalue weighted by molar-refractivity contribution is 5.70. The monoisotopic (exact) mass is 468 g/mol. The van der Waals surface area contributed by atoms with Crippen molar-refractivity contribution < 1.29 is 18.8 Å². The Balaban J connectivity index is 1.74. The van der Waals surface area contributed by atoms with Crippen LogP contribution in [0.5, 0.6) is 5.75 Å². The second-order valence-electron chi connectivity index (χ2n) is 10.1. The van der Waals surface area contributed by atoms with Crippen LogP contribution in [0.2, 0.25) is 0 Å². The fourth-order valence-corrected chi connectivity index (χ4v) is 4.20. The Morgan fingerprint density at radius 1 is 0.853 bits per heavy atom. The van der Waals surface area contributed by atoms with Gasteiger partial charge in [-0.1, -0.05) is 94.8 Å². The van der Waals surface area contributed by atoms with Crippen LogP contribution in [0.25, 0.3) is 0 Å². The minimum Gasteiger partial charge on any atom is -0.487 e. The minimum absolute atomic E-state index is 0.137. The summed E-state index contributed by atoms with van der Waals surface area (Å²) >= 11 is 0. The quantitative estimate of drug-likeness (QED) is 0.143. The van der Waals surface area contributed by atoms with Crippen LogP contribution >= 0.6 is 0 Å². The maximum Gasteiger partial charge on any atom is 0.361 e. The van der Waals surface area contributed by atoms with Crippen LogP contribution in [0.15, 0.2) is 54.6 Å². The highest BCUT2D eigenvalue weighted by Gasteiger charge is 2.23. The normalized spacial score (nSPS) is 12.4. The molecule has 4 nitrogen and oxygen atoms in total. The molecule has 0 spiro atoms. The topological polar surface area (TPSA) is 35.5 Å². The van der Waals surface area contributed by atoms with Crippen molar-refractivity contribution in [3.05, 3.63) is 65.7 Å². The fourth-order valence-electron chi connectivity index (χ4n) is 4.20. The van der Waals surface area contributed by atoms with E-state index in [1.165, 1.54) is 56.1 Å². The zero-order chi connectivity index (χ0) is 24.7. The van der Waals surface area contributed by atoms with Crippen LogP contribution in [-0.2, 0) is 22.5 Å². The second-order valence-corrected chi connectivity index (χ2v) is 10.1. The molecule has 1 unspecified atom stereocenters. The Kier molecular flexibility index (Phi) is 12.8. The number of esters is 1. The number of carbonyl (C=O) groups is 1. The van der Waals surface area contributed by atoms with E-state index in [0.717, 1.165) is 25.1 Å². The molecule has 0 aromatic heterocycles. The maximum atomic E-state index is 12.5. The van der Waals surface area contributed by atoms with Crippen LogP contribution in [0.1, 0.15) is 76.3 Å². The van der Waals surface area contributed by atoms with Gasteiger partial charge in [-0.05, 0) is 37.0 Å². The van der Waals surface area contributed by atoms with Crippen LogP contribution in [0.4, 0.5) is 0 Å². The predicted molar refractivity (Wildman–Crippen MR) is 141 cm³/mol. The van der Waals surface area contributed by atoms with E-state index in [9.17, 15) is 4.79 Å². The van der Waals surface area contributed by atoms with Crippen LogP contribution in [-0.4, -0.2) is 43.8 Å². The Bertz CT molecular complexity index is 819. The summed E-state index contributed by atoms with van der Waals surface area (Å²) in [6.45, 7) is 5.72. The van der Waals surface area contributed by atoms with Gasteiger partial charge in [0.2, 0.25) is 0 Å². The van der Waals surface area contributed by atoms with Crippen LogP contribution in [0, 0.1) is 0 Å². The van der Waals surface area contributed by atoms with E-state index in [4.69, 9.17) is 9.47 Å². The number of nitrogens with zero attached hydrogens (tertiary/aromatic N) is 1. The lowest BCUT2D eigenvalue weighted by atomic mass is 10.0. The van der Waals surface area contributed by atoms with Crippen LogP contribution in [0.3, 0.4) is 0 Å². The van der Waals surface area contributed by atoms with E-state index in [0.29, 0.717) is 11.0 Å². The molecule has 0 N–H and O–H groups in total. The Morgan fingerprint density at radius 2 is 1.53 bits per heavy atom. The smallest absolute Gasteiger partial charge is 0.361 e. The Morgan fingerprint density at radius 3 is 2.24 bits per heavy atom. The molecule has 2 aromatic rings. The first-order chi connectivity index (χ1) is 16.4. The van der Waals surface area contributed by atoms with Gasteiger partial charge < -0.3 is 14.0 Å². The highest BCUT2D eigenvalue weighted by atomic mass is 16.6. The zero-order valence-electron chi connectivity index (χ0n) is 21.9. The number of unbranched alkanes of at least 4 members (excludes halogenated alkanes) is 6. The molecule has 0 fully saturated rings. The van der Waals surface area contributed by atoms with Gasteiger partial charge in [-0.2, -0.15) is 0 Å². The largest absolute Gasteiger partial charge is 0.487 e. The van der Waals surface area contributed by atoms with Crippen molar-refractivity contribution in [3.63, 3.8) is 0 Å². The summed E-state index contributed by atoms with van der Waals surface area (Å²) in [5, 5.41) is 0. The van der Waals surface area contributed by atoms with E-state index in [1.807, 2.05) is 24.3 Å². The SMILES string of the molecule is CCCCCCCCCc1cccc(OC(CC)COC(=O)C[N+](C)(C)Cc2ccccc2)c1. The van der Waals surface area contributed by atoms with Gasteiger partial charge in [0.05, 0.1) is 14.1 Å². The number of hydrogen-bond acceptors (Lipinski definition) is 3. The van der Waals surface area contributed by atoms with Gasteiger partial charge in [0, 0.05) is 5.56 Å². The van der Waals surface area contributed by atoms with Crippen molar-refractivity contribution in [2.24, 2.45) is 0 Å². The Labute approximate surface area is 207 Å². The molecule has 2 aromatic carbocycles. The molecule has 0 aliphatic rings. The molecule has 0 bridgehead atoms. The van der Waals surface area contributed by atoms with Crippen molar-refractivity contribution in [1.82, 2.24) is 0 Å². The number of quaternary nitrogens is 1. The zero-order valence-corrected chi connectivity index (χ0v) is 21.9. The summed E-state index contributed by atoms with van der Waals surface area (Å²) in [7, 11) is 4.11. The van der Waals surface area contributed by atoms with E-state index >= 15 is 0 Å². The third kappa shape index (κ3) is 11.7. The summed E-state index contributed by atoms with van der Waals surface area (Å²) in [4.78, 5) is 12.5. The number of ether oxygens (including phenoxy) is 2. The van der Waals surface area contributed by atoms with Gasteiger partial charge in [0.25, 0.3) is 0 Å². The average Bonchev–Trinajstić information content (AvgIpc) is 2.81. The van der Waals surface area contributed by atoms with Gasteiger partial charge in [-0.25, -0.2) is 4.79 Å². The van der Waals surface area contributed by atoms with E-state index in [2.05, 4.69) is 58.3 Å². The van der Waals surface area contributed by atoms with Crippen molar-refractivity contribution >= 4 is 5.97 Å². The number of rotatable bonds is 17. The number of likely N-dealkylation sites (N-methyl/N-ethyl adjacent to an activating group) is 1. The third-order valence-corrected chi connectivity index (χ3v) is 6.17. The van der Waals surface area contributed by atoms with E-state index in [-0.39, 0.29) is 18.7 Å². The van der Waals surface area contributed by atoms with Gasteiger partial charge in [-0.15, -0.1) is 0 Å². The molecule has 34 heavy (non-hydrogen) atoms. The summed E-state index contributed by atoms with van der Waals surface area (Å²) < 4.78 is 12.3. The van der Waals surface area contributed by atoms with Gasteiger partial charge >= 0.3 is 5.97 Å². The van der Waals surface area contributed by atoms with Crippen LogP contribution < -0.4 is 4.74 Å². The molecular formula is C30H46NO3+. The molecule has 0 aliphatic heterocycles. The lowest BCUT2D eigenvalue weighted by Gasteiger charge is -2.29. The van der Waals surface area contributed by atoms with Gasteiger partial charge in [-0.3, -0.25) is 0 Å². The molecule has 0 heterocycles. The number of benzene rings is 2. The first-order valence-electron chi connectivity index (χ1n) is 13.2. The highest BCUT2D eigenvalue weighted by Crippen LogP contribution is 2.19.